The fourth-order valence-electron chi connectivity index (χ4n) is 3.07. The fourth-order valence-corrected chi connectivity index (χ4v) is 3.92. The number of amides is 2. The maximum absolute atomic E-state index is 13.1. The van der Waals surface area contributed by atoms with E-state index in [0.717, 1.165) is 35.7 Å². The van der Waals surface area contributed by atoms with Gasteiger partial charge in [0.25, 0.3) is 5.91 Å². The third-order valence-electron chi connectivity index (χ3n) is 4.77. The van der Waals surface area contributed by atoms with Crippen LogP contribution in [-0.4, -0.2) is 35.6 Å². The van der Waals surface area contributed by atoms with Crippen LogP contribution in [0.25, 0.3) is 0 Å². The van der Waals surface area contributed by atoms with Crippen molar-refractivity contribution in [3.8, 4) is 0 Å². The van der Waals surface area contributed by atoms with Gasteiger partial charge in [-0.3, -0.25) is 9.59 Å². The number of anilines is 1. The predicted molar refractivity (Wildman–Crippen MR) is 116 cm³/mol. The largest absolute Gasteiger partial charge is 0.338 e. The highest BCUT2D eigenvalue weighted by atomic mass is 32.2. The molecule has 0 heterocycles. The average Bonchev–Trinajstić information content (AvgIpc) is 3.52. The van der Waals surface area contributed by atoms with Gasteiger partial charge in [0.15, 0.2) is 0 Å². The van der Waals surface area contributed by atoms with E-state index in [1.165, 1.54) is 24.6 Å². The highest BCUT2D eigenvalue weighted by Gasteiger charge is 2.27. The van der Waals surface area contributed by atoms with Gasteiger partial charge in [-0.1, -0.05) is 36.8 Å². The van der Waals surface area contributed by atoms with Crippen molar-refractivity contribution in [3.63, 3.8) is 0 Å². The summed E-state index contributed by atoms with van der Waals surface area (Å²) in [5.41, 5.74) is 2.64. The second-order valence-electron chi connectivity index (χ2n) is 7.39. The van der Waals surface area contributed by atoms with Crippen molar-refractivity contribution in [1.82, 2.24) is 4.90 Å². The predicted octanol–water partition coefficient (Wildman–Crippen LogP) is 4.99. The molecule has 28 heavy (non-hydrogen) atoms. The van der Waals surface area contributed by atoms with Crippen LogP contribution in [0.15, 0.2) is 53.4 Å². The molecule has 2 aromatic carbocycles. The summed E-state index contributed by atoms with van der Waals surface area (Å²) in [4.78, 5) is 28.3. The number of nitrogens with one attached hydrogen (secondary N) is 1. The van der Waals surface area contributed by atoms with E-state index in [1.54, 1.807) is 0 Å². The molecule has 0 radical (unpaired) electrons. The van der Waals surface area contributed by atoms with E-state index in [-0.39, 0.29) is 17.6 Å². The van der Waals surface area contributed by atoms with Gasteiger partial charge in [0.2, 0.25) is 5.91 Å². The van der Waals surface area contributed by atoms with Crippen molar-refractivity contribution in [2.24, 2.45) is 5.92 Å². The van der Waals surface area contributed by atoms with Crippen LogP contribution in [-0.2, 0) is 4.79 Å². The molecule has 2 aromatic rings. The van der Waals surface area contributed by atoms with E-state index in [2.05, 4.69) is 12.2 Å². The molecule has 1 saturated carbocycles. The van der Waals surface area contributed by atoms with Gasteiger partial charge in [-0.05, 0) is 56.4 Å². The van der Waals surface area contributed by atoms with E-state index >= 15 is 0 Å². The number of hydrogen-bond donors (Lipinski definition) is 1. The zero-order chi connectivity index (χ0) is 19.9. The lowest BCUT2D eigenvalue weighted by Gasteiger charge is -2.23. The van der Waals surface area contributed by atoms with Crippen LogP contribution in [0.1, 0.15) is 42.1 Å². The lowest BCUT2D eigenvalue weighted by Crippen LogP contribution is -2.34. The quantitative estimate of drug-likeness (QED) is 0.608. The van der Waals surface area contributed by atoms with Crippen LogP contribution in [0.2, 0.25) is 0 Å². The van der Waals surface area contributed by atoms with Crippen LogP contribution in [0, 0.1) is 12.8 Å². The van der Waals surface area contributed by atoms with Crippen molar-refractivity contribution >= 4 is 29.3 Å². The molecule has 0 spiro atoms. The Kier molecular flexibility index (Phi) is 7.15. The molecule has 0 atom stereocenters. The Hall–Kier alpha value is -2.27. The van der Waals surface area contributed by atoms with Gasteiger partial charge in [0.05, 0.1) is 11.3 Å². The van der Waals surface area contributed by atoms with E-state index < -0.39 is 0 Å². The van der Waals surface area contributed by atoms with Crippen molar-refractivity contribution in [3.05, 3.63) is 59.7 Å². The molecule has 4 nitrogen and oxygen atoms in total. The average molecular weight is 397 g/mol. The second kappa shape index (κ2) is 9.78. The first kappa shape index (κ1) is 20.5. The number of hydrogen-bond acceptors (Lipinski definition) is 3. The Balaban J connectivity index is 1.63. The van der Waals surface area contributed by atoms with Gasteiger partial charge in [-0.15, -0.1) is 11.8 Å². The summed E-state index contributed by atoms with van der Waals surface area (Å²) in [6.07, 6.45) is 3.40. The van der Waals surface area contributed by atoms with Crippen molar-refractivity contribution in [1.29, 1.82) is 0 Å². The number of nitrogens with zero attached hydrogens (tertiary/aromatic N) is 1. The smallest absolute Gasteiger partial charge is 0.254 e. The molecule has 0 aromatic heterocycles. The minimum absolute atomic E-state index is 0.0699. The minimum atomic E-state index is -0.0699. The van der Waals surface area contributed by atoms with E-state index in [0.29, 0.717) is 11.5 Å². The maximum Gasteiger partial charge on any atom is 0.254 e. The molecule has 2 amide bonds. The van der Waals surface area contributed by atoms with E-state index in [9.17, 15) is 9.59 Å². The van der Waals surface area contributed by atoms with Crippen LogP contribution in [0.3, 0.4) is 0 Å². The standard InChI is InChI=1S/C23H28N2O2S/c1-3-14-25(15-18-10-11-18)23(27)20-6-4-5-7-21(20)28-16-22(26)24-19-12-8-17(2)9-13-19/h4-9,12-13,18H,3,10-11,14-16H2,1-2H3,(H,24,26). The van der Waals surface area contributed by atoms with Gasteiger partial charge >= 0.3 is 0 Å². The molecule has 148 valence electrons. The summed E-state index contributed by atoms with van der Waals surface area (Å²) < 4.78 is 0. The number of aryl methyl sites for hydroxylation is 1. The maximum atomic E-state index is 13.1. The normalized spacial score (nSPS) is 13.2. The number of carbonyl (C=O) groups is 2. The molecule has 0 aliphatic heterocycles. The number of thioether (sulfide) groups is 1. The molecule has 3 rings (SSSR count). The molecule has 0 saturated heterocycles. The first-order valence-corrected chi connectivity index (χ1v) is 10.9. The third kappa shape index (κ3) is 5.86. The van der Waals surface area contributed by atoms with Crippen molar-refractivity contribution in [2.45, 2.75) is 38.0 Å². The number of carbonyl (C=O) groups excluding carboxylic acids is 2. The molecule has 5 heteroatoms. The molecule has 1 aliphatic rings. The van der Waals surface area contributed by atoms with Gasteiger partial charge in [0, 0.05) is 23.7 Å². The zero-order valence-electron chi connectivity index (χ0n) is 16.6. The summed E-state index contributed by atoms with van der Waals surface area (Å²) in [7, 11) is 0. The van der Waals surface area contributed by atoms with Crippen LogP contribution in [0.4, 0.5) is 5.69 Å². The molecule has 1 N–H and O–H groups in total. The lowest BCUT2D eigenvalue weighted by molar-refractivity contribution is -0.113. The second-order valence-corrected chi connectivity index (χ2v) is 8.41. The SMILES string of the molecule is CCCN(CC1CC1)C(=O)c1ccccc1SCC(=O)Nc1ccc(C)cc1. The summed E-state index contributed by atoms with van der Waals surface area (Å²) >= 11 is 1.42. The fraction of sp³-hybridized carbons (Fsp3) is 0.391. The summed E-state index contributed by atoms with van der Waals surface area (Å²) in [6.45, 7) is 5.74. The van der Waals surface area contributed by atoms with Gasteiger partial charge in [0.1, 0.15) is 0 Å². The Morgan fingerprint density at radius 2 is 1.82 bits per heavy atom. The monoisotopic (exact) mass is 396 g/mol. The van der Waals surface area contributed by atoms with E-state index in [1.807, 2.05) is 60.4 Å². The van der Waals surface area contributed by atoms with Crippen LogP contribution < -0.4 is 5.32 Å². The number of rotatable bonds is 9. The van der Waals surface area contributed by atoms with Crippen LogP contribution in [0.5, 0.6) is 0 Å². The molecule has 0 bridgehead atoms. The highest BCUT2D eigenvalue weighted by Crippen LogP contribution is 2.31. The first-order valence-electron chi connectivity index (χ1n) is 9.94. The first-order chi connectivity index (χ1) is 13.6. The van der Waals surface area contributed by atoms with Crippen molar-refractivity contribution < 1.29 is 9.59 Å². The zero-order valence-corrected chi connectivity index (χ0v) is 17.4. The Morgan fingerprint density at radius 3 is 2.50 bits per heavy atom. The van der Waals surface area contributed by atoms with Crippen LogP contribution >= 0.6 is 11.8 Å². The van der Waals surface area contributed by atoms with Gasteiger partial charge in [-0.2, -0.15) is 0 Å². The molecule has 1 fully saturated rings. The molecular formula is C23H28N2O2S. The lowest BCUT2D eigenvalue weighted by atomic mass is 10.2. The topological polar surface area (TPSA) is 49.4 Å². The summed E-state index contributed by atoms with van der Waals surface area (Å²) in [6, 6.07) is 15.4. The Morgan fingerprint density at radius 1 is 1.11 bits per heavy atom. The minimum Gasteiger partial charge on any atom is -0.338 e. The molecule has 1 aliphatic carbocycles. The molecular weight excluding hydrogens is 368 g/mol. The summed E-state index contributed by atoms with van der Waals surface area (Å²) in [5, 5.41) is 2.91. The van der Waals surface area contributed by atoms with Gasteiger partial charge in [-0.25, -0.2) is 0 Å². The Labute approximate surface area is 171 Å². The Bertz CT molecular complexity index is 816. The van der Waals surface area contributed by atoms with Crippen molar-refractivity contribution in [2.75, 3.05) is 24.2 Å². The number of benzene rings is 2. The third-order valence-corrected chi connectivity index (χ3v) is 5.84. The summed E-state index contributed by atoms with van der Waals surface area (Å²) in [5.74, 6) is 0.945. The molecule has 0 unspecified atom stereocenters. The van der Waals surface area contributed by atoms with Gasteiger partial charge < -0.3 is 10.2 Å². The van der Waals surface area contributed by atoms with E-state index in [4.69, 9.17) is 0 Å². The highest BCUT2D eigenvalue weighted by molar-refractivity contribution is 8.00.